The summed E-state index contributed by atoms with van der Waals surface area (Å²) in [7, 11) is 0. The van der Waals surface area contributed by atoms with E-state index < -0.39 is 31.7 Å². The summed E-state index contributed by atoms with van der Waals surface area (Å²) in [6, 6.07) is 0. The SMILES string of the molecule is OC1CSCC1c1nc(COCC(F)(F)C(F)F)no1. The molecule has 0 amide bonds. The fraction of sp³-hybridized carbons (Fsp3) is 0.800. The fourth-order valence-corrected chi connectivity index (χ4v) is 2.83. The van der Waals surface area contributed by atoms with Gasteiger partial charge in [-0.25, -0.2) is 8.78 Å². The molecule has 1 fully saturated rings. The Bertz CT molecular complexity index is 446. The van der Waals surface area contributed by atoms with Crippen molar-refractivity contribution in [3.8, 4) is 0 Å². The monoisotopic (exact) mass is 316 g/mol. The van der Waals surface area contributed by atoms with Crippen molar-refractivity contribution < 1.29 is 31.9 Å². The summed E-state index contributed by atoms with van der Waals surface area (Å²) in [4.78, 5) is 3.90. The molecule has 0 radical (unpaired) electrons. The van der Waals surface area contributed by atoms with Gasteiger partial charge in [-0.2, -0.15) is 25.5 Å². The normalized spacial score (nSPS) is 23.7. The van der Waals surface area contributed by atoms with E-state index in [0.29, 0.717) is 11.5 Å². The third-order valence-corrected chi connectivity index (χ3v) is 3.87. The highest BCUT2D eigenvalue weighted by Crippen LogP contribution is 2.31. The van der Waals surface area contributed by atoms with Gasteiger partial charge in [0.25, 0.3) is 0 Å². The summed E-state index contributed by atoms with van der Waals surface area (Å²) in [5.74, 6) is -3.16. The highest BCUT2D eigenvalue weighted by Gasteiger charge is 2.41. The van der Waals surface area contributed by atoms with Crippen LogP contribution in [0.2, 0.25) is 0 Å². The second-order valence-electron chi connectivity index (χ2n) is 4.31. The Labute approximate surface area is 115 Å². The Morgan fingerprint density at radius 1 is 1.45 bits per heavy atom. The van der Waals surface area contributed by atoms with Gasteiger partial charge in [0.15, 0.2) is 5.82 Å². The first-order valence-electron chi connectivity index (χ1n) is 5.72. The number of ether oxygens (including phenoxy) is 1. The van der Waals surface area contributed by atoms with Crippen LogP contribution in [0.5, 0.6) is 0 Å². The molecule has 2 unspecified atom stereocenters. The molecule has 10 heteroatoms. The molecule has 1 saturated heterocycles. The number of aliphatic hydroxyl groups is 1. The Hall–Kier alpha value is -0.870. The summed E-state index contributed by atoms with van der Waals surface area (Å²) >= 11 is 1.53. The van der Waals surface area contributed by atoms with Gasteiger partial charge < -0.3 is 14.4 Å². The molecule has 0 bridgehead atoms. The van der Waals surface area contributed by atoms with Crippen molar-refractivity contribution in [2.24, 2.45) is 0 Å². The Morgan fingerprint density at radius 3 is 2.80 bits per heavy atom. The molecule has 1 N–H and O–H groups in total. The van der Waals surface area contributed by atoms with E-state index in [4.69, 9.17) is 4.52 Å². The molecule has 1 aliphatic rings. The number of aliphatic hydroxyl groups excluding tert-OH is 1. The van der Waals surface area contributed by atoms with Crippen LogP contribution < -0.4 is 0 Å². The first-order valence-corrected chi connectivity index (χ1v) is 6.87. The van der Waals surface area contributed by atoms with E-state index in [2.05, 4.69) is 14.9 Å². The van der Waals surface area contributed by atoms with Crippen LogP contribution in [-0.4, -0.2) is 51.8 Å². The molecule has 114 valence electrons. The highest BCUT2D eigenvalue weighted by atomic mass is 32.2. The first kappa shape index (κ1) is 15.5. The van der Waals surface area contributed by atoms with Crippen LogP contribution in [0, 0.1) is 0 Å². The number of halogens is 4. The van der Waals surface area contributed by atoms with Gasteiger partial charge in [-0.3, -0.25) is 0 Å². The van der Waals surface area contributed by atoms with Crippen LogP contribution in [0.4, 0.5) is 17.6 Å². The fourth-order valence-electron chi connectivity index (χ4n) is 1.60. The molecule has 2 atom stereocenters. The van der Waals surface area contributed by atoms with Crippen molar-refractivity contribution >= 4 is 11.8 Å². The largest absolute Gasteiger partial charge is 0.391 e. The maximum absolute atomic E-state index is 12.6. The minimum absolute atomic E-state index is 0.0193. The lowest BCUT2D eigenvalue weighted by atomic mass is 10.1. The standard InChI is InChI=1S/C10H12F4N2O3S/c11-9(12)10(13,14)4-18-1-7-15-8(19-16-7)5-2-20-3-6(5)17/h5-6,9,17H,1-4H2. The molecule has 1 aromatic rings. The number of aromatic nitrogens is 2. The molecular formula is C10H12F4N2O3S. The van der Waals surface area contributed by atoms with Crippen molar-refractivity contribution in [1.82, 2.24) is 10.1 Å². The highest BCUT2D eigenvalue weighted by molar-refractivity contribution is 7.99. The lowest BCUT2D eigenvalue weighted by Crippen LogP contribution is -2.32. The van der Waals surface area contributed by atoms with E-state index in [1.165, 1.54) is 11.8 Å². The minimum atomic E-state index is -4.20. The maximum atomic E-state index is 12.6. The van der Waals surface area contributed by atoms with E-state index in [9.17, 15) is 22.7 Å². The lowest BCUT2D eigenvalue weighted by molar-refractivity contribution is -0.168. The molecule has 1 aliphatic heterocycles. The first-order chi connectivity index (χ1) is 9.40. The van der Waals surface area contributed by atoms with Crippen molar-refractivity contribution in [2.75, 3.05) is 18.1 Å². The van der Waals surface area contributed by atoms with Gasteiger partial charge in [0.1, 0.15) is 13.2 Å². The summed E-state index contributed by atoms with van der Waals surface area (Å²) in [5, 5.41) is 13.1. The molecular weight excluding hydrogens is 304 g/mol. The minimum Gasteiger partial charge on any atom is -0.391 e. The van der Waals surface area contributed by atoms with E-state index in [0.717, 1.165) is 0 Å². The Balaban J connectivity index is 1.84. The lowest BCUT2D eigenvalue weighted by Gasteiger charge is -2.14. The topological polar surface area (TPSA) is 68.4 Å². The molecule has 2 rings (SSSR count). The van der Waals surface area contributed by atoms with Crippen LogP contribution in [0.3, 0.4) is 0 Å². The summed E-state index contributed by atoms with van der Waals surface area (Å²) in [5.41, 5.74) is 0. The molecule has 0 aromatic carbocycles. The van der Waals surface area contributed by atoms with Crippen LogP contribution in [0.15, 0.2) is 4.52 Å². The predicted octanol–water partition coefficient (Wildman–Crippen LogP) is 1.68. The Morgan fingerprint density at radius 2 is 2.20 bits per heavy atom. The van der Waals surface area contributed by atoms with Crippen LogP contribution >= 0.6 is 11.8 Å². The average Bonchev–Trinajstić information content (AvgIpc) is 2.97. The zero-order chi connectivity index (χ0) is 14.8. The van der Waals surface area contributed by atoms with E-state index in [1.807, 2.05) is 0 Å². The number of rotatable bonds is 6. The van der Waals surface area contributed by atoms with Crippen LogP contribution in [0.1, 0.15) is 17.6 Å². The second kappa shape index (κ2) is 6.27. The zero-order valence-corrected chi connectivity index (χ0v) is 11.0. The summed E-state index contributed by atoms with van der Waals surface area (Å²) in [6.07, 6.45) is -4.38. The average molecular weight is 316 g/mol. The van der Waals surface area contributed by atoms with E-state index in [-0.39, 0.29) is 17.6 Å². The van der Waals surface area contributed by atoms with Gasteiger partial charge in [0.05, 0.1) is 12.0 Å². The number of alkyl halides is 4. The molecule has 20 heavy (non-hydrogen) atoms. The third kappa shape index (κ3) is 3.61. The molecule has 2 heterocycles. The zero-order valence-electron chi connectivity index (χ0n) is 10.1. The quantitative estimate of drug-likeness (QED) is 0.805. The van der Waals surface area contributed by atoms with Gasteiger partial charge >= 0.3 is 12.3 Å². The summed E-state index contributed by atoms with van der Waals surface area (Å²) in [6.45, 7) is -1.88. The second-order valence-corrected chi connectivity index (χ2v) is 5.39. The van der Waals surface area contributed by atoms with E-state index >= 15 is 0 Å². The molecule has 0 spiro atoms. The smallest absolute Gasteiger partial charge is 0.330 e. The number of hydrogen-bond acceptors (Lipinski definition) is 6. The summed E-state index contributed by atoms with van der Waals surface area (Å²) < 4.78 is 58.3. The third-order valence-electron chi connectivity index (χ3n) is 2.70. The maximum Gasteiger partial charge on any atom is 0.330 e. The number of hydrogen-bond donors (Lipinski definition) is 1. The van der Waals surface area contributed by atoms with Crippen molar-refractivity contribution in [2.45, 2.75) is 31.0 Å². The molecule has 5 nitrogen and oxygen atoms in total. The van der Waals surface area contributed by atoms with Crippen LogP contribution in [0.25, 0.3) is 0 Å². The molecule has 1 aromatic heterocycles. The van der Waals surface area contributed by atoms with Crippen molar-refractivity contribution in [3.63, 3.8) is 0 Å². The van der Waals surface area contributed by atoms with Gasteiger partial charge in [0.2, 0.25) is 5.89 Å². The Kier molecular flexibility index (Phi) is 4.86. The van der Waals surface area contributed by atoms with Crippen LogP contribution in [-0.2, 0) is 11.3 Å². The van der Waals surface area contributed by atoms with Gasteiger partial charge in [0, 0.05) is 11.5 Å². The molecule has 0 aliphatic carbocycles. The van der Waals surface area contributed by atoms with E-state index in [1.54, 1.807) is 0 Å². The van der Waals surface area contributed by atoms with Crippen molar-refractivity contribution in [1.29, 1.82) is 0 Å². The predicted molar refractivity (Wildman–Crippen MR) is 61.0 cm³/mol. The van der Waals surface area contributed by atoms with Gasteiger partial charge in [-0.05, 0) is 0 Å². The molecule has 0 saturated carbocycles. The number of nitrogens with zero attached hydrogens (tertiary/aromatic N) is 2. The van der Waals surface area contributed by atoms with Crippen molar-refractivity contribution in [3.05, 3.63) is 11.7 Å². The van der Waals surface area contributed by atoms with Gasteiger partial charge in [-0.15, -0.1) is 0 Å². The van der Waals surface area contributed by atoms with Gasteiger partial charge in [-0.1, -0.05) is 5.16 Å². The number of thioether (sulfide) groups is 1.